The zero-order chi connectivity index (χ0) is 17.2. The van der Waals surface area contributed by atoms with Crippen LogP contribution in [0, 0.1) is 0 Å². The number of nitrogens with one attached hydrogen (secondary N) is 1. The van der Waals surface area contributed by atoms with Gasteiger partial charge in [0.15, 0.2) is 0 Å². The van der Waals surface area contributed by atoms with Crippen molar-refractivity contribution < 1.29 is 14.2 Å². The molecule has 26 heavy (non-hydrogen) atoms. The Labute approximate surface area is 158 Å². The van der Waals surface area contributed by atoms with Gasteiger partial charge in [-0.3, -0.25) is 10.1 Å². The van der Waals surface area contributed by atoms with Gasteiger partial charge in [-0.05, 0) is 43.7 Å². The Bertz CT molecular complexity index is 883. The average molecular weight is 376 g/mol. The largest absolute Gasteiger partial charge is 0.488 e. The standard InChI is InChI=1S/C19H21N3O3.ClH/c1-12-11-23-5-6-24-13(2)14-7-15(10-20-9-14)19-17-8-16(25-12)3-4-18(17)21-22-19;/h3-4,7-10,12-13H,5-6,11H2,1-2H3,(H,21,22);1H/t12-,13+;/m1./s1. The van der Waals surface area contributed by atoms with Crippen LogP contribution in [0.25, 0.3) is 22.2 Å². The molecule has 0 saturated heterocycles. The van der Waals surface area contributed by atoms with E-state index in [2.05, 4.69) is 21.2 Å². The molecule has 0 fully saturated rings. The van der Waals surface area contributed by atoms with Crippen LogP contribution in [0.15, 0.2) is 36.7 Å². The van der Waals surface area contributed by atoms with Crippen LogP contribution in [-0.4, -0.2) is 41.1 Å². The summed E-state index contributed by atoms with van der Waals surface area (Å²) < 4.78 is 17.5. The first-order chi connectivity index (χ1) is 12.2. The van der Waals surface area contributed by atoms with Crippen LogP contribution in [0.4, 0.5) is 0 Å². The minimum atomic E-state index is -0.0596. The van der Waals surface area contributed by atoms with Crippen molar-refractivity contribution in [3.05, 3.63) is 42.2 Å². The predicted molar refractivity (Wildman–Crippen MR) is 102 cm³/mol. The number of fused-ring (bicyclic) bond motifs is 4. The summed E-state index contributed by atoms with van der Waals surface area (Å²) in [6.45, 7) is 5.59. The summed E-state index contributed by atoms with van der Waals surface area (Å²) in [6.07, 6.45) is 3.55. The summed E-state index contributed by atoms with van der Waals surface area (Å²) in [4.78, 5) is 4.37. The second-order valence-electron chi connectivity index (χ2n) is 6.30. The number of aromatic amines is 1. The first-order valence-electron chi connectivity index (χ1n) is 8.50. The lowest BCUT2D eigenvalue weighted by Crippen LogP contribution is -2.20. The van der Waals surface area contributed by atoms with Crippen LogP contribution in [0.5, 0.6) is 5.75 Å². The fourth-order valence-electron chi connectivity index (χ4n) is 2.99. The second kappa shape index (κ2) is 8.03. The van der Waals surface area contributed by atoms with E-state index in [1.54, 1.807) is 0 Å². The number of H-pyrrole nitrogens is 1. The summed E-state index contributed by atoms with van der Waals surface area (Å²) >= 11 is 0. The van der Waals surface area contributed by atoms with Crippen LogP contribution in [-0.2, 0) is 9.47 Å². The van der Waals surface area contributed by atoms with Crippen LogP contribution < -0.4 is 4.74 Å². The molecule has 3 aromatic rings. The van der Waals surface area contributed by atoms with Gasteiger partial charge in [0, 0.05) is 23.3 Å². The number of halogens is 1. The smallest absolute Gasteiger partial charge is 0.120 e. The number of hydrogen-bond acceptors (Lipinski definition) is 5. The normalized spacial score (nSPS) is 20.7. The van der Waals surface area contributed by atoms with Crippen LogP contribution in [0.2, 0.25) is 0 Å². The number of aromatic nitrogens is 3. The van der Waals surface area contributed by atoms with Gasteiger partial charge in [-0.1, -0.05) is 0 Å². The maximum atomic E-state index is 5.97. The molecule has 3 heterocycles. The van der Waals surface area contributed by atoms with Crippen LogP contribution >= 0.6 is 12.4 Å². The van der Waals surface area contributed by atoms with E-state index in [1.807, 2.05) is 44.4 Å². The molecule has 1 N–H and O–H groups in total. The minimum absolute atomic E-state index is 0. The van der Waals surface area contributed by atoms with E-state index >= 15 is 0 Å². The molecule has 1 aliphatic heterocycles. The van der Waals surface area contributed by atoms with E-state index in [-0.39, 0.29) is 24.6 Å². The zero-order valence-corrected chi connectivity index (χ0v) is 15.6. The maximum absolute atomic E-state index is 5.97. The topological polar surface area (TPSA) is 69.3 Å². The van der Waals surface area contributed by atoms with Gasteiger partial charge in [-0.15, -0.1) is 12.4 Å². The van der Waals surface area contributed by atoms with E-state index in [1.165, 1.54) is 0 Å². The quantitative estimate of drug-likeness (QED) is 0.644. The molecule has 138 valence electrons. The monoisotopic (exact) mass is 375 g/mol. The highest BCUT2D eigenvalue weighted by atomic mass is 35.5. The molecule has 6 nitrogen and oxygen atoms in total. The van der Waals surface area contributed by atoms with Gasteiger partial charge < -0.3 is 14.2 Å². The van der Waals surface area contributed by atoms with Gasteiger partial charge in [0.05, 0.1) is 31.4 Å². The lowest BCUT2D eigenvalue weighted by Gasteiger charge is -2.16. The van der Waals surface area contributed by atoms with E-state index in [0.717, 1.165) is 33.5 Å². The van der Waals surface area contributed by atoms with Crippen molar-refractivity contribution in [2.45, 2.75) is 26.1 Å². The van der Waals surface area contributed by atoms with Crippen molar-refractivity contribution in [3.63, 3.8) is 0 Å². The molecule has 7 heteroatoms. The number of nitrogens with zero attached hydrogens (tertiary/aromatic N) is 2. The Morgan fingerprint density at radius 3 is 2.88 bits per heavy atom. The Morgan fingerprint density at radius 2 is 2.00 bits per heavy atom. The number of rotatable bonds is 0. The summed E-state index contributed by atoms with van der Waals surface area (Å²) in [6, 6.07) is 8.01. The Kier molecular flexibility index (Phi) is 5.76. The number of ether oxygens (including phenoxy) is 3. The molecule has 0 saturated carbocycles. The molecule has 4 rings (SSSR count). The molecule has 0 radical (unpaired) electrons. The Morgan fingerprint density at radius 1 is 1.12 bits per heavy atom. The molecule has 2 atom stereocenters. The molecule has 4 bridgehead atoms. The number of pyridine rings is 1. The molecule has 2 aromatic heterocycles. The van der Waals surface area contributed by atoms with Crippen LogP contribution in [0.1, 0.15) is 25.5 Å². The fraction of sp³-hybridized carbons (Fsp3) is 0.368. The van der Waals surface area contributed by atoms with Crippen molar-refractivity contribution >= 4 is 23.3 Å². The molecule has 0 spiro atoms. The lowest BCUT2D eigenvalue weighted by molar-refractivity contribution is -0.00706. The van der Waals surface area contributed by atoms with E-state index < -0.39 is 0 Å². The van der Waals surface area contributed by atoms with Gasteiger partial charge in [-0.2, -0.15) is 5.10 Å². The van der Waals surface area contributed by atoms with Gasteiger partial charge in [0.1, 0.15) is 17.5 Å². The van der Waals surface area contributed by atoms with E-state index in [9.17, 15) is 0 Å². The highest BCUT2D eigenvalue weighted by molar-refractivity contribution is 5.93. The molecule has 1 aliphatic rings. The lowest BCUT2D eigenvalue weighted by atomic mass is 10.1. The first-order valence-corrected chi connectivity index (χ1v) is 8.50. The summed E-state index contributed by atoms with van der Waals surface area (Å²) in [5, 5.41) is 8.56. The predicted octanol–water partition coefficient (Wildman–Crippen LogP) is 3.92. The van der Waals surface area contributed by atoms with Gasteiger partial charge >= 0.3 is 0 Å². The Hall–Kier alpha value is -2.15. The third-order valence-electron chi connectivity index (χ3n) is 4.32. The summed E-state index contributed by atoms with van der Waals surface area (Å²) in [5.74, 6) is 0.801. The molecule has 0 unspecified atom stereocenters. The molecule has 0 aliphatic carbocycles. The van der Waals surface area contributed by atoms with Gasteiger partial charge in [-0.25, -0.2) is 0 Å². The average Bonchev–Trinajstić information content (AvgIpc) is 3.04. The van der Waals surface area contributed by atoms with Crippen molar-refractivity contribution in [2.24, 2.45) is 0 Å². The van der Waals surface area contributed by atoms with E-state index in [4.69, 9.17) is 14.2 Å². The zero-order valence-electron chi connectivity index (χ0n) is 14.8. The second-order valence-corrected chi connectivity index (χ2v) is 6.30. The highest BCUT2D eigenvalue weighted by Gasteiger charge is 2.14. The van der Waals surface area contributed by atoms with Crippen molar-refractivity contribution in [3.8, 4) is 17.0 Å². The molecule has 0 amide bonds. The van der Waals surface area contributed by atoms with Gasteiger partial charge in [0.25, 0.3) is 0 Å². The molecular formula is C19H22ClN3O3. The number of hydrogen-bond donors (Lipinski definition) is 1. The van der Waals surface area contributed by atoms with Crippen LogP contribution in [0.3, 0.4) is 0 Å². The summed E-state index contributed by atoms with van der Waals surface area (Å²) in [5.41, 5.74) is 3.80. The third-order valence-corrected chi connectivity index (χ3v) is 4.32. The third kappa shape index (κ3) is 3.82. The fourth-order valence-corrected chi connectivity index (χ4v) is 2.99. The maximum Gasteiger partial charge on any atom is 0.120 e. The van der Waals surface area contributed by atoms with Crippen molar-refractivity contribution in [1.29, 1.82) is 0 Å². The van der Waals surface area contributed by atoms with E-state index in [0.29, 0.717) is 19.8 Å². The van der Waals surface area contributed by atoms with Crippen molar-refractivity contribution in [2.75, 3.05) is 19.8 Å². The SMILES string of the molecule is C[C@@H]1COCCO[C@@H](C)c2cncc(c2)-c2n[nH]c3ccc(cc23)O1.Cl. The summed E-state index contributed by atoms with van der Waals surface area (Å²) in [7, 11) is 0. The number of benzene rings is 1. The molecule has 1 aromatic carbocycles. The molecular weight excluding hydrogens is 354 g/mol. The minimum Gasteiger partial charge on any atom is -0.488 e. The first kappa shape index (κ1) is 18.6. The Balaban J connectivity index is 0.00000196. The highest BCUT2D eigenvalue weighted by Crippen LogP contribution is 2.31. The van der Waals surface area contributed by atoms with Crippen molar-refractivity contribution in [1.82, 2.24) is 15.2 Å². The van der Waals surface area contributed by atoms with Gasteiger partial charge in [0.2, 0.25) is 0 Å².